The maximum atomic E-state index is 12.0. The van der Waals surface area contributed by atoms with E-state index in [9.17, 15) is 19.5 Å². The van der Waals surface area contributed by atoms with Crippen molar-refractivity contribution in [3.63, 3.8) is 0 Å². The normalized spacial score (nSPS) is 11.5. The first-order chi connectivity index (χ1) is 9.85. The molecule has 0 saturated carbocycles. The van der Waals surface area contributed by atoms with Crippen molar-refractivity contribution in [1.82, 2.24) is 5.32 Å². The van der Waals surface area contributed by atoms with Crippen LogP contribution in [0.2, 0.25) is 0 Å². The summed E-state index contributed by atoms with van der Waals surface area (Å²) < 4.78 is 4.42. The third kappa shape index (κ3) is 4.79. The second kappa shape index (κ2) is 7.28. The Hall–Kier alpha value is -2.57. The number of carbonyl (C=O) groups is 3. The summed E-state index contributed by atoms with van der Waals surface area (Å²) in [6.07, 6.45) is -0.228. The fourth-order valence-corrected chi connectivity index (χ4v) is 1.69. The van der Waals surface area contributed by atoms with E-state index < -0.39 is 23.9 Å². The van der Waals surface area contributed by atoms with Crippen LogP contribution in [-0.4, -0.2) is 41.2 Å². The number of hydrogen-bond acceptors (Lipinski definition) is 5. The molecule has 0 fully saturated rings. The minimum absolute atomic E-state index is 0.0145. The molecule has 0 aliphatic heterocycles. The molecular weight excluding hydrogens is 278 g/mol. The van der Waals surface area contributed by atoms with E-state index in [0.717, 1.165) is 5.56 Å². The Labute approximate surface area is 121 Å². The molecule has 3 N–H and O–H groups in total. The van der Waals surface area contributed by atoms with E-state index in [0.29, 0.717) is 0 Å². The lowest BCUT2D eigenvalue weighted by atomic mass is 10.1. The smallest absolute Gasteiger partial charge is 0.326 e. The van der Waals surface area contributed by atoms with Crippen molar-refractivity contribution < 1.29 is 29.3 Å². The van der Waals surface area contributed by atoms with Gasteiger partial charge >= 0.3 is 11.9 Å². The van der Waals surface area contributed by atoms with Gasteiger partial charge in [0.1, 0.15) is 11.8 Å². The fraction of sp³-hybridized carbons (Fsp3) is 0.357. The second-order valence-electron chi connectivity index (χ2n) is 4.50. The molecule has 7 nitrogen and oxygen atoms in total. The van der Waals surface area contributed by atoms with Gasteiger partial charge in [-0.15, -0.1) is 0 Å². The van der Waals surface area contributed by atoms with Crippen LogP contribution < -0.4 is 5.32 Å². The zero-order valence-electron chi connectivity index (χ0n) is 11.8. The van der Waals surface area contributed by atoms with E-state index in [4.69, 9.17) is 5.11 Å². The predicted molar refractivity (Wildman–Crippen MR) is 73.0 cm³/mol. The molecule has 1 amide bonds. The van der Waals surface area contributed by atoms with Gasteiger partial charge in [0.25, 0.3) is 5.91 Å². The minimum Gasteiger partial charge on any atom is -0.507 e. The quantitative estimate of drug-likeness (QED) is 0.670. The highest BCUT2D eigenvalue weighted by atomic mass is 16.5. The lowest BCUT2D eigenvalue weighted by Crippen LogP contribution is -2.41. The summed E-state index contributed by atoms with van der Waals surface area (Å²) in [5.74, 6) is -2.78. The van der Waals surface area contributed by atoms with Crippen LogP contribution in [0.5, 0.6) is 5.75 Å². The average Bonchev–Trinajstić information content (AvgIpc) is 2.44. The highest BCUT2D eigenvalue weighted by Crippen LogP contribution is 2.18. The van der Waals surface area contributed by atoms with E-state index >= 15 is 0 Å². The zero-order valence-corrected chi connectivity index (χ0v) is 11.8. The minimum atomic E-state index is -1.26. The highest BCUT2D eigenvalue weighted by Gasteiger charge is 2.23. The van der Waals surface area contributed by atoms with Crippen molar-refractivity contribution in [1.29, 1.82) is 0 Å². The van der Waals surface area contributed by atoms with Crippen LogP contribution in [-0.2, 0) is 14.3 Å². The van der Waals surface area contributed by atoms with Crippen LogP contribution in [0.3, 0.4) is 0 Å². The maximum absolute atomic E-state index is 12.0. The van der Waals surface area contributed by atoms with Gasteiger partial charge in [0.15, 0.2) is 0 Å². The number of hydrogen-bond donors (Lipinski definition) is 3. The number of methoxy groups -OCH3 is 1. The third-order valence-electron chi connectivity index (χ3n) is 2.86. The molecule has 0 saturated heterocycles. The topological polar surface area (TPSA) is 113 Å². The first-order valence-electron chi connectivity index (χ1n) is 6.25. The number of nitrogens with one attached hydrogen (secondary N) is 1. The molecule has 1 aromatic rings. The molecule has 1 rings (SSSR count). The number of aryl methyl sites for hydroxylation is 1. The largest absolute Gasteiger partial charge is 0.507 e. The number of carboxylic acids is 1. The molecule has 0 bridgehead atoms. The second-order valence-corrected chi connectivity index (χ2v) is 4.50. The first-order valence-corrected chi connectivity index (χ1v) is 6.25. The Balaban J connectivity index is 2.79. The molecule has 0 aromatic heterocycles. The molecule has 0 radical (unpaired) electrons. The standard InChI is InChI=1S/C14H17NO6/c1-8-3-5-11(16)9(7-8)13(18)15-10(14(19)20)4-6-12(17)21-2/h3,5,7,10,16H,4,6H2,1-2H3,(H,15,18)(H,19,20)/t10-/m1/s1. The van der Waals surface area contributed by atoms with Gasteiger partial charge in [-0.1, -0.05) is 11.6 Å². The lowest BCUT2D eigenvalue weighted by Gasteiger charge is -2.14. The summed E-state index contributed by atoms with van der Waals surface area (Å²) in [5.41, 5.74) is 0.735. The summed E-state index contributed by atoms with van der Waals surface area (Å²) in [6.45, 7) is 1.74. The average molecular weight is 295 g/mol. The number of ether oxygens (including phenoxy) is 1. The number of carbonyl (C=O) groups excluding carboxylic acids is 2. The van der Waals surface area contributed by atoms with E-state index in [1.165, 1.54) is 19.2 Å². The van der Waals surface area contributed by atoms with Gasteiger partial charge in [-0.05, 0) is 25.5 Å². The summed E-state index contributed by atoms with van der Waals surface area (Å²) in [7, 11) is 1.20. The van der Waals surface area contributed by atoms with Crippen LogP contribution in [0.4, 0.5) is 0 Å². The number of benzene rings is 1. The van der Waals surface area contributed by atoms with Crippen LogP contribution in [0.25, 0.3) is 0 Å². The Bertz CT molecular complexity index is 554. The van der Waals surface area contributed by atoms with E-state index in [1.807, 2.05) is 0 Å². The van der Waals surface area contributed by atoms with Gasteiger partial charge in [0, 0.05) is 6.42 Å². The van der Waals surface area contributed by atoms with Crippen molar-refractivity contribution in [3.05, 3.63) is 29.3 Å². The summed E-state index contributed by atoms with van der Waals surface area (Å²) in [6, 6.07) is 3.19. The van der Waals surface area contributed by atoms with E-state index in [-0.39, 0.29) is 24.2 Å². The Morgan fingerprint density at radius 1 is 1.33 bits per heavy atom. The van der Waals surface area contributed by atoms with Crippen LogP contribution in [0.15, 0.2) is 18.2 Å². The van der Waals surface area contributed by atoms with Crippen molar-refractivity contribution in [2.75, 3.05) is 7.11 Å². The van der Waals surface area contributed by atoms with Gasteiger partial charge in [-0.3, -0.25) is 9.59 Å². The Morgan fingerprint density at radius 2 is 2.00 bits per heavy atom. The Kier molecular flexibility index (Phi) is 5.71. The number of phenols is 1. The van der Waals surface area contributed by atoms with Gasteiger partial charge in [0.05, 0.1) is 12.7 Å². The number of aliphatic carboxylic acids is 1. The zero-order chi connectivity index (χ0) is 16.0. The van der Waals surface area contributed by atoms with E-state index in [1.54, 1.807) is 13.0 Å². The molecule has 7 heteroatoms. The van der Waals surface area contributed by atoms with Gasteiger partial charge in [0.2, 0.25) is 0 Å². The van der Waals surface area contributed by atoms with Crippen molar-refractivity contribution >= 4 is 17.8 Å². The maximum Gasteiger partial charge on any atom is 0.326 e. The molecular formula is C14H17NO6. The number of aromatic hydroxyl groups is 1. The molecule has 0 aliphatic carbocycles. The van der Waals surface area contributed by atoms with Gasteiger partial charge in [-0.25, -0.2) is 4.79 Å². The first kappa shape index (κ1) is 16.5. The van der Waals surface area contributed by atoms with Crippen molar-refractivity contribution in [3.8, 4) is 5.75 Å². The van der Waals surface area contributed by atoms with Crippen molar-refractivity contribution in [2.24, 2.45) is 0 Å². The van der Waals surface area contributed by atoms with E-state index in [2.05, 4.69) is 10.1 Å². The Morgan fingerprint density at radius 3 is 2.57 bits per heavy atom. The monoisotopic (exact) mass is 295 g/mol. The van der Waals surface area contributed by atoms with Gasteiger partial charge < -0.3 is 20.3 Å². The number of carboxylic acid groups (broad SMARTS) is 1. The molecule has 1 atom stereocenters. The number of phenolic OH excluding ortho intramolecular Hbond substituents is 1. The summed E-state index contributed by atoms with van der Waals surface area (Å²) in [4.78, 5) is 34.1. The molecule has 0 spiro atoms. The summed E-state index contributed by atoms with van der Waals surface area (Å²) >= 11 is 0. The molecule has 1 aromatic carbocycles. The molecule has 0 aliphatic rings. The third-order valence-corrected chi connectivity index (χ3v) is 2.86. The van der Waals surface area contributed by atoms with Crippen LogP contribution >= 0.6 is 0 Å². The number of amides is 1. The molecule has 21 heavy (non-hydrogen) atoms. The fourth-order valence-electron chi connectivity index (χ4n) is 1.69. The lowest BCUT2D eigenvalue weighted by molar-refractivity contribution is -0.142. The summed E-state index contributed by atoms with van der Waals surface area (Å²) in [5, 5.41) is 21.0. The van der Waals surface area contributed by atoms with Crippen molar-refractivity contribution in [2.45, 2.75) is 25.8 Å². The highest BCUT2D eigenvalue weighted by molar-refractivity contribution is 5.99. The number of esters is 1. The molecule has 0 heterocycles. The SMILES string of the molecule is COC(=O)CC[C@@H](NC(=O)c1cc(C)ccc1O)C(=O)O. The molecule has 114 valence electrons. The molecule has 0 unspecified atom stereocenters. The van der Waals surface area contributed by atoms with Gasteiger partial charge in [-0.2, -0.15) is 0 Å². The number of rotatable bonds is 6. The predicted octanol–water partition coefficient (Wildman–Crippen LogP) is 0.837. The van der Waals surface area contributed by atoms with Crippen LogP contribution in [0, 0.1) is 6.92 Å². The van der Waals surface area contributed by atoms with Crippen LogP contribution in [0.1, 0.15) is 28.8 Å².